The van der Waals surface area contributed by atoms with Crippen LogP contribution in [-0.2, 0) is 12.8 Å². The summed E-state index contributed by atoms with van der Waals surface area (Å²) in [6.45, 7) is 4.38. The summed E-state index contributed by atoms with van der Waals surface area (Å²) in [5.74, 6) is 0.677. The van der Waals surface area contributed by atoms with Crippen molar-refractivity contribution in [3.05, 3.63) is 70.3 Å². The van der Waals surface area contributed by atoms with Gasteiger partial charge in [0.25, 0.3) is 0 Å². The van der Waals surface area contributed by atoms with Crippen LogP contribution in [0.2, 0.25) is 0 Å². The molecule has 2 aromatic rings. The number of rotatable bonds is 3. The van der Waals surface area contributed by atoms with Crippen LogP contribution < -0.4 is 0 Å². The molecule has 2 atom stereocenters. The van der Waals surface area contributed by atoms with Crippen molar-refractivity contribution in [3.8, 4) is 0 Å². The summed E-state index contributed by atoms with van der Waals surface area (Å²) in [5, 5.41) is 0. The quantitative estimate of drug-likeness (QED) is 0.703. The molecule has 0 saturated heterocycles. The zero-order chi connectivity index (χ0) is 13.4. The van der Waals surface area contributed by atoms with Crippen molar-refractivity contribution in [2.24, 2.45) is 0 Å². The van der Waals surface area contributed by atoms with Crippen LogP contribution >= 0.6 is 15.9 Å². The SMILES string of the molecule is Cc1ccc(C)c(CC(Br)C2Cc3ccccc32)c1. The minimum absolute atomic E-state index is 0.544. The lowest BCUT2D eigenvalue weighted by Crippen LogP contribution is -2.26. The highest BCUT2D eigenvalue weighted by Gasteiger charge is 2.31. The van der Waals surface area contributed by atoms with Gasteiger partial charge in [-0.1, -0.05) is 64.0 Å². The van der Waals surface area contributed by atoms with Gasteiger partial charge in [0.2, 0.25) is 0 Å². The summed E-state index contributed by atoms with van der Waals surface area (Å²) in [5.41, 5.74) is 7.30. The van der Waals surface area contributed by atoms with Crippen LogP contribution in [0.5, 0.6) is 0 Å². The van der Waals surface area contributed by atoms with E-state index in [-0.39, 0.29) is 0 Å². The zero-order valence-corrected chi connectivity index (χ0v) is 13.1. The van der Waals surface area contributed by atoms with Crippen LogP contribution in [0.15, 0.2) is 42.5 Å². The molecule has 0 heterocycles. The van der Waals surface area contributed by atoms with Crippen LogP contribution in [0, 0.1) is 13.8 Å². The fraction of sp³-hybridized carbons (Fsp3) is 0.333. The van der Waals surface area contributed by atoms with Gasteiger partial charge in [0.05, 0.1) is 0 Å². The van der Waals surface area contributed by atoms with E-state index in [4.69, 9.17) is 0 Å². The maximum atomic E-state index is 3.92. The number of fused-ring (bicyclic) bond motifs is 1. The standard InChI is InChI=1S/C18H19Br/c1-12-7-8-13(2)15(9-12)11-18(19)17-10-14-5-3-4-6-16(14)17/h3-9,17-18H,10-11H2,1-2H3. The molecule has 1 aliphatic carbocycles. The third-order valence-corrected chi connectivity index (χ3v) is 5.21. The Morgan fingerprint density at radius 3 is 2.74 bits per heavy atom. The number of alkyl halides is 1. The third-order valence-electron chi connectivity index (χ3n) is 4.25. The molecule has 0 bridgehead atoms. The Bertz CT molecular complexity index is 600. The van der Waals surface area contributed by atoms with Gasteiger partial charge in [-0.3, -0.25) is 0 Å². The van der Waals surface area contributed by atoms with E-state index >= 15 is 0 Å². The van der Waals surface area contributed by atoms with E-state index in [1.807, 2.05) is 0 Å². The molecule has 19 heavy (non-hydrogen) atoms. The van der Waals surface area contributed by atoms with Gasteiger partial charge in [-0.05, 0) is 48.9 Å². The summed E-state index contributed by atoms with van der Waals surface area (Å²) in [6.07, 6.45) is 2.34. The predicted molar refractivity (Wildman–Crippen MR) is 85.2 cm³/mol. The van der Waals surface area contributed by atoms with Gasteiger partial charge in [0, 0.05) is 10.7 Å². The van der Waals surface area contributed by atoms with Crippen LogP contribution in [0.25, 0.3) is 0 Å². The van der Waals surface area contributed by atoms with Crippen molar-refractivity contribution in [1.82, 2.24) is 0 Å². The van der Waals surface area contributed by atoms with E-state index in [2.05, 4.69) is 72.2 Å². The predicted octanol–water partition coefficient (Wildman–Crippen LogP) is 4.95. The Morgan fingerprint density at radius 2 is 1.95 bits per heavy atom. The molecule has 98 valence electrons. The number of hydrogen-bond acceptors (Lipinski definition) is 0. The van der Waals surface area contributed by atoms with Crippen molar-refractivity contribution in [1.29, 1.82) is 0 Å². The lowest BCUT2D eigenvalue weighted by molar-refractivity contribution is 0.580. The van der Waals surface area contributed by atoms with E-state index < -0.39 is 0 Å². The van der Waals surface area contributed by atoms with Gasteiger partial charge in [-0.2, -0.15) is 0 Å². The number of aryl methyl sites for hydroxylation is 2. The molecule has 0 N–H and O–H groups in total. The molecular formula is C18H19Br. The summed E-state index contributed by atoms with van der Waals surface area (Å²) >= 11 is 3.92. The first-order chi connectivity index (χ1) is 9.15. The lowest BCUT2D eigenvalue weighted by Gasteiger charge is -2.34. The Balaban J connectivity index is 1.76. The van der Waals surface area contributed by atoms with E-state index in [9.17, 15) is 0 Å². The van der Waals surface area contributed by atoms with Crippen LogP contribution in [0.3, 0.4) is 0 Å². The molecular weight excluding hydrogens is 296 g/mol. The Morgan fingerprint density at radius 1 is 1.16 bits per heavy atom. The molecule has 0 saturated carbocycles. The first-order valence-corrected chi connectivity index (χ1v) is 7.84. The molecule has 2 aromatic carbocycles. The number of hydrogen-bond donors (Lipinski definition) is 0. The summed E-state index contributed by atoms with van der Waals surface area (Å²) in [7, 11) is 0. The highest BCUT2D eigenvalue weighted by molar-refractivity contribution is 9.09. The fourth-order valence-corrected chi connectivity index (χ4v) is 3.81. The van der Waals surface area contributed by atoms with Crippen molar-refractivity contribution < 1.29 is 0 Å². The first kappa shape index (κ1) is 12.9. The first-order valence-electron chi connectivity index (χ1n) is 6.93. The number of halogens is 1. The van der Waals surface area contributed by atoms with E-state index in [1.165, 1.54) is 34.2 Å². The summed E-state index contributed by atoms with van der Waals surface area (Å²) < 4.78 is 0. The third kappa shape index (κ3) is 2.49. The molecule has 1 aliphatic rings. The van der Waals surface area contributed by atoms with Crippen LogP contribution in [0.4, 0.5) is 0 Å². The minimum Gasteiger partial charge on any atom is -0.0880 e. The second kappa shape index (κ2) is 5.13. The van der Waals surface area contributed by atoms with Gasteiger partial charge in [-0.25, -0.2) is 0 Å². The summed E-state index contributed by atoms with van der Waals surface area (Å²) in [4.78, 5) is 0.544. The molecule has 0 amide bonds. The van der Waals surface area contributed by atoms with E-state index in [1.54, 1.807) is 0 Å². The summed E-state index contributed by atoms with van der Waals surface area (Å²) in [6, 6.07) is 15.6. The molecule has 2 unspecified atom stereocenters. The van der Waals surface area contributed by atoms with E-state index in [0.29, 0.717) is 10.7 Å². The lowest BCUT2D eigenvalue weighted by atomic mass is 9.74. The Labute approximate surface area is 124 Å². The molecule has 0 aromatic heterocycles. The van der Waals surface area contributed by atoms with Crippen LogP contribution in [-0.4, -0.2) is 4.83 Å². The largest absolute Gasteiger partial charge is 0.0880 e. The Kier molecular flexibility index (Phi) is 3.49. The molecule has 1 heteroatoms. The second-order valence-corrected chi connectivity index (χ2v) is 6.84. The van der Waals surface area contributed by atoms with Gasteiger partial charge in [0.1, 0.15) is 0 Å². The van der Waals surface area contributed by atoms with Crippen molar-refractivity contribution in [2.75, 3.05) is 0 Å². The van der Waals surface area contributed by atoms with Gasteiger partial charge in [0.15, 0.2) is 0 Å². The number of benzene rings is 2. The fourth-order valence-electron chi connectivity index (χ4n) is 2.99. The Hall–Kier alpha value is -1.08. The maximum absolute atomic E-state index is 3.92. The zero-order valence-electron chi connectivity index (χ0n) is 11.5. The van der Waals surface area contributed by atoms with Crippen molar-refractivity contribution in [2.45, 2.75) is 37.4 Å². The van der Waals surface area contributed by atoms with E-state index in [0.717, 1.165) is 6.42 Å². The van der Waals surface area contributed by atoms with Crippen LogP contribution in [0.1, 0.15) is 33.7 Å². The normalized spacial score (nSPS) is 18.6. The minimum atomic E-state index is 0.544. The monoisotopic (exact) mass is 314 g/mol. The molecule has 0 nitrogen and oxygen atoms in total. The van der Waals surface area contributed by atoms with Gasteiger partial charge in [-0.15, -0.1) is 0 Å². The topological polar surface area (TPSA) is 0 Å². The smallest absolute Gasteiger partial charge is 0.0258 e. The average Bonchev–Trinajstić information content (AvgIpc) is 2.35. The van der Waals surface area contributed by atoms with Crippen molar-refractivity contribution >= 4 is 15.9 Å². The second-order valence-electron chi connectivity index (χ2n) is 5.66. The highest BCUT2D eigenvalue weighted by Crippen LogP contribution is 2.41. The van der Waals surface area contributed by atoms with Gasteiger partial charge >= 0.3 is 0 Å². The average molecular weight is 315 g/mol. The molecule has 3 rings (SSSR count). The molecule has 0 fully saturated rings. The molecule has 0 radical (unpaired) electrons. The molecule has 0 aliphatic heterocycles. The van der Waals surface area contributed by atoms with Gasteiger partial charge < -0.3 is 0 Å². The molecule has 0 spiro atoms. The van der Waals surface area contributed by atoms with Crippen molar-refractivity contribution in [3.63, 3.8) is 0 Å². The maximum Gasteiger partial charge on any atom is 0.0258 e. The highest BCUT2D eigenvalue weighted by atomic mass is 79.9.